The molecule has 98 valence electrons. The molecule has 1 aromatic carbocycles. The largest absolute Gasteiger partial charge is 0.494 e. The number of nitrogens with two attached hydrogens (primary N) is 1. The van der Waals surface area contributed by atoms with Gasteiger partial charge in [-0.3, -0.25) is 0 Å². The summed E-state index contributed by atoms with van der Waals surface area (Å²) < 4.78 is 10.9. The van der Waals surface area contributed by atoms with E-state index in [9.17, 15) is 0 Å². The van der Waals surface area contributed by atoms with Crippen LogP contribution in [0.1, 0.15) is 17.0 Å². The minimum Gasteiger partial charge on any atom is -0.494 e. The van der Waals surface area contributed by atoms with Gasteiger partial charge in [0.1, 0.15) is 25.0 Å². The van der Waals surface area contributed by atoms with Gasteiger partial charge in [-0.1, -0.05) is 0 Å². The van der Waals surface area contributed by atoms with Crippen molar-refractivity contribution in [1.29, 1.82) is 0 Å². The highest BCUT2D eigenvalue weighted by atomic mass is 16.6. The lowest BCUT2D eigenvalue weighted by Gasteiger charge is -2.18. The van der Waals surface area contributed by atoms with Crippen molar-refractivity contribution in [3.8, 4) is 0 Å². The third-order valence-corrected chi connectivity index (χ3v) is 3.18. The molecule has 0 aliphatic carbocycles. The van der Waals surface area contributed by atoms with Crippen molar-refractivity contribution in [2.24, 2.45) is 0 Å². The quantitative estimate of drug-likeness (QED) is 0.793. The highest BCUT2D eigenvalue weighted by molar-refractivity contribution is 5.93. The number of hydrogen-bond acceptors (Lipinski definition) is 5. The molecule has 2 N–H and O–H groups in total. The van der Waals surface area contributed by atoms with E-state index < -0.39 is 0 Å². The zero-order valence-corrected chi connectivity index (χ0v) is 10.9. The minimum absolute atomic E-state index is 0.514. The van der Waals surface area contributed by atoms with Gasteiger partial charge in [-0.05, 0) is 26.0 Å². The van der Waals surface area contributed by atoms with Crippen LogP contribution in [-0.4, -0.2) is 23.2 Å². The molecule has 5 nitrogen and oxygen atoms in total. The normalized spacial score (nSPS) is 14.7. The second kappa shape index (κ2) is 4.42. The summed E-state index contributed by atoms with van der Waals surface area (Å²) in [6.07, 6.45) is 1.59. The van der Waals surface area contributed by atoms with Crippen LogP contribution in [0.5, 0.6) is 0 Å². The fourth-order valence-corrected chi connectivity index (χ4v) is 2.07. The molecule has 0 fully saturated rings. The van der Waals surface area contributed by atoms with Crippen LogP contribution in [0.2, 0.25) is 0 Å². The molecule has 0 radical (unpaired) electrons. The molecular weight excluding hydrogens is 242 g/mol. The molecule has 1 aliphatic heterocycles. The summed E-state index contributed by atoms with van der Waals surface area (Å²) in [6.45, 7) is 4.94. The molecule has 1 aromatic heterocycles. The van der Waals surface area contributed by atoms with E-state index >= 15 is 0 Å². The summed E-state index contributed by atoms with van der Waals surface area (Å²) in [5, 5.41) is 0. The topological polar surface area (TPSA) is 70.3 Å². The van der Waals surface area contributed by atoms with Crippen LogP contribution >= 0.6 is 0 Å². The van der Waals surface area contributed by atoms with Crippen molar-refractivity contribution < 1.29 is 9.47 Å². The first-order valence-corrected chi connectivity index (χ1v) is 6.15. The zero-order chi connectivity index (χ0) is 13.4. The third kappa shape index (κ3) is 1.97. The van der Waals surface area contributed by atoms with Gasteiger partial charge in [0.15, 0.2) is 5.76 Å². The number of rotatable bonds is 1. The summed E-state index contributed by atoms with van der Waals surface area (Å²) in [5.41, 5.74) is 10.8. The lowest BCUT2D eigenvalue weighted by molar-refractivity contribution is 0.126. The Morgan fingerprint density at radius 3 is 2.63 bits per heavy atom. The number of benzene rings is 1. The Bertz CT molecular complexity index is 680. The molecule has 0 saturated carbocycles. The SMILES string of the molecule is Cc1nc2ccc(N)c(C3=COCCO3)c2nc1C. The van der Waals surface area contributed by atoms with Crippen molar-refractivity contribution in [1.82, 2.24) is 9.97 Å². The maximum atomic E-state index is 6.06. The van der Waals surface area contributed by atoms with Crippen molar-refractivity contribution in [2.75, 3.05) is 18.9 Å². The number of hydrogen-bond donors (Lipinski definition) is 1. The predicted molar refractivity (Wildman–Crippen MR) is 73.3 cm³/mol. The number of nitrogen functional groups attached to an aromatic ring is 1. The maximum Gasteiger partial charge on any atom is 0.165 e. The van der Waals surface area contributed by atoms with Gasteiger partial charge >= 0.3 is 0 Å². The van der Waals surface area contributed by atoms with E-state index in [1.54, 1.807) is 6.26 Å². The standard InChI is InChI=1S/C14H15N3O2/c1-8-9(2)17-14-11(16-8)4-3-10(15)13(14)12-7-18-5-6-19-12/h3-4,7H,5-6,15H2,1-2H3. The predicted octanol–water partition coefficient (Wildman–Crippen LogP) is 2.17. The molecular formula is C14H15N3O2. The van der Waals surface area contributed by atoms with Crippen LogP contribution in [-0.2, 0) is 9.47 Å². The first-order valence-electron chi connectivity index (χ1n) is 6.15. The monoisotopic (exact) mass is 257 g/mol. The summed E-state index contributed by atoms with van der Waals surface area (Å²) >= 11 is 0. The molecule has 19 heavy (non-hydrogen) atoms. The lowest BCUT2D eigenvalue weighted by Crippen LogP contribution is -2.10. The Balaban J connectivity index is 2.30. The number of fused-ring (bicyclic) bond motifs is 1. The lowest BCUT2D eigenvalue weighted by atomic mass is 10.1. The Labute approximate surface area is 111 Å². The first kappa shape index (κ1) is 11.8. The Morgan fingerprint density at radius 2 is 1.89 bits per heavy atom. The van der Waals surface area contributed by atoms with E-state index in [2.05, 4.69) is 9.97 Å². The minimum atomic E-state index is 0.514. The summed E-state index contributed by atoms with van der Waals surface area (Å²) in [5.74, 6) is 0.618. The van der Waals surface area contributed by atoms with Crippen LogP contribution in [0, 0.1) is 13.8 Å². The summed E-state index contributed by atoms with van der Waals surface area (Å²) in [7, 11) is 0. The average Bonchev–Trinajstić information content (AvgIpc) is 2.42. The van der Waals surface area contributed by atoms with E-state index in [4.69, 9.17) is 15.2 Å². The summed E-state index contributed by atoms with van der Waals surface area (Å²) in [4.78, 5) is 9.12. The number of anilines is 1. The number of aryl methyl sites for hydroxylation is 2. The fraction of sp³-hybridized carbons (Fsp3) is 0.286. The Morgan fingerprint density at radius 1 is 1.11 bits per heavy atom. The van der Waals surface area contributed by atoms with Gasteiger partial charge in [0.2, 0.25) is 0 Å². The fourth-order valence-electron chi connectivity index (χ4n) is 2.07. The highest BCUT2D eigenvalue weighted by Crippen LogP contribution is 2.30. The molecule has 0 saturated heterocycles. The summed E-state index contributed by atoms with van der Waals surface area (Å²) in [6, 6.07) is 3.69. The molecule has 0 bridgehead atoms. The van der Waals surface area contributed by atoms with Gasteiger partial charge in [0.25, 0.3) is 0 Å². The van der Waals surface area contributed by atoms with Gasteiger partial charge in [-0.25, -0.2) is 9.97 Å². The van der Waals surface area contributed by atoms with Crippen molar-refractivity contribution in [2.45, 2.75) is 13.8 Å². The number of aromatic nitrogens is 2. The van der Waals surface area contributed by atoms with E-state index in [-0.39, 0.29) is 0 Å². The molecule has 5 heteroatoms. The second-order valence-electron chi connectivity index (χ2n) is 4.49. The van der Waals surface area contributed by atoms with Crippen LogP contribution in [0.15, 0.2) is 18.4 Å². The van der Waals surface area contributed by atoms with E-state index in [1.807, 2.05) is 26.0 Å². The molecule has 0 atom stereocenters. The van der Waals surface area contributed by atoms with Crippen LogP contribution in [0.4, 0.5) is 5.69 Å². The van der Waals surface area contributed by atoms with Gasteiger partial charge < -0.3 is 15.2 Å². The van der Waals surface area contributed by atoms with E-state index in [0.717, 1.165) is 28.0 Å². The smallest absolute Gasteiger partial charge is 0.165 e. The van der Waals surface area contributed by atoms with Crippen LogP contribution in [0.25, 0.3) is 16.8 Å². The first-order chi connectivity index (χ1) is 9.16. The average molecular weight is 257 g/mol. The molecule has 0 unspecified atom stereocenters. The van der Waals surface area contributed by atoms with Crippen LogP contribution < -0.4 is 5.73 Å². The van der Waals surface area contributed by atoms with Gasteiger partial charge in [-0.15, -0.1) is 0 Å². The molecule has 1 aliphatic rings. The highest BCUT2D eigenvalue weighted by Gasteiger charge is 2.17. The number of ether oxygens (including phenoxy) is 2. The maximum absolute atomic E-state index is 6.06. The van der Waals surface area contributed by atoms with Crippen molar-refractivity contribution >= 4 is 22.5 Å². The molecule has 0 spiro atoms. The van der Waals surface area contributed by atoms with E-state index in [0.29, 0.717) is 24.7 Å². The van der Waals surface area contributed by atoms with Crippen LogP contribution in [0.3, 0.4) is 0 Å². The Kier molecular flexibility index (Phi) is 2.74. The van der Waals surface area contributed by atoms with Crippen molar-refractivity contribution in [3.05, 3.63) is 35.3 Å². The van der Waals surface area contributed by atoms with Gasteiger partial charge in [-0.2, -0.15) is 0 Å². The van der Waals surface area contributed by atoms with Gasteiger partial charge in [0.05, 0.1) is 22.5 Å². The third-order valence-electron chi connectivity index (χ3n) is 3.18. The second-order valence-corrected chi connectivity index (χ2v) is 4.49. The Hall–Kier alpha value is -2.30. The molecule has 2 aromatic rings. The zero-order valence-electron chi connectivity index (χ0n) is 10.9. The molecule has 3 rings (SSSR count). The van der Waals surface area contributed by atoms with Crippen molar-refractivity contribution in [3.63, 3.8) is 0 Å². The van der Waals surface area contributed by atoms with Gasteiger partial charge in [0, 0.05) is 5.69 Å². The molecule has 2 heterocycles. The van der Waals surface area contributed by atoms with E-state index in [1.165, 1.54) is 0 Å². The number of nitrogens with zero attached hydrogens (tertiary/aromatic N) is 2. The molecule has 0 amide bonds.